The number of hydrogen-bond acceptors (Lipinski definition) is 6. The highest BCUT2D eigenvalue weighted by molar-refractivity contribution is 5.80. The van der Waals surface area contributed by atoms with E-state index in [9.17, 15) is 14.9 Å². The lowest BCUT2D eigenvalue weighted by Crippen LogP contribution is -2.33. The quantitative estimate of drug-likeness (QED) is 0.620. The molecule has 0 heterocycles. The number of carbonyl (C=O) groups is 2. The maximum absolute atomic E-state index is 12.3. The van der Waals surface area contributed by atoms with E-state index in [1.807, 2.05) is 30.3 Å². The molecular formula is C22H25N3O5. The number of methoxy groups -OCH3 is 3. The zero-order chi connectivity index (χ0) is 21.9. The summed E-state index contributed by atoms with van der Waals surface area (Å²) in [5, 5.41) is 14.9. The molecular weight excluding hydrogens is 386 g/mol. The van der Waals surface area contributed by atoms with E-state index in [0.29, 0.717) is 22.8 Å². The van der Waals surface area contributed by atoms with Crippen molar-refractivity contribution in [1.82, 2.24) is 10.6 Å². The Balaban J connectivity index is 1.93. The molecule has 2 N–H and O–H groups in total. The van der Waals surface area contributed by atoms with E-state index in [0.717, 1.165) is 5.56 Å². The Labute approximate surface area is 175 Å². The lowest BCUT2D eigenvalue weighted by Gasteiger charge is -2.17. The fraction of sp³-hybridized carbons (Fsp3) is 0.318. The van der Waals surface area contributed by atoms with Gasteiger partial charge in [0.15, 0.2) is 11.5 Å². The fourth-order valence-electron chi connectivity index (χ4n) is 2.85. The third-order valence-corrected chi connectivity index (χ3v) is 4.34. The summed E-state index contributed by atoms with van der Waals surface area (Å²) in [6, 6.07) is 13.7. The summed E-state index contributed by atoms with van der Waals surface area (Å²) < 4.78 is 15.8. The molecule has 158 valence electrons. The third-order valence-electron chi connectivity index (χ3n) is 4.34. The fourth-order valence-corrected chi connectivity index (χ4v) is 2.85. The third kappa shape index (κ3) is 6.14. The van der Waals surface area contributed by atoms with Crippen LogP contribution in [0.15, 0.2) is 42.5 Å². The predicted octanol–water partition coefficient (Wildman–Crippen LogP) is 2.14. The number of benzene rings is 2. The number of ether oxygens (including phenoxy) is 3. The molecule has 0 bridgehead atoms. The van der Waals surface area contributed by atoms with Gasteiger partial charge in [-0.15, -0.1) is 0 Å². The van der Waals surface area contributed by atoms with Crippen molar-refractivity contribution in [1.29, 1.82) is 5.26 Å². The molecule has 2 aromatic carbocycles. The van der Waals surface area contributed by atoms with E-state index < -0.39 is 6.04 Å². The van der Waals surface area contributed by atoms with Gasteiger partial charge in [0.25, 0.3) is 0 Å². The summed E-state index contributed by atoms with van der Waals surface area (Å²) in [5.74, 6) is 0.628. The molecule has 30 heavy (non-hydrogen) atoms. The molecule has 8 nitrogen and oxygen atoms in total. The van der Waals surface area contributed by atoms with Crippen LogP contribution in [0, 0.1) is 11.3 Å². The van der Waals surface area contributed by atoms with E-state index in [1.165, 1.54) is 21.3 Å². The Hall–Kier alpha value is -3.73. The summed E-state index contributed by atoms with van der Waals surface area (Å²) >= 11 is 0. The van der Waals surface area contributed by atoms with Crippen molar-refractivity contribution in [2.75, 3.05) is 27.9 Å². The van der Waals surface area contributed by atoms with Gasteiger partial charge in [-0.2, -0.15) is 5.26 Å². The second kappa shape index (κ2) is 11.3. The van der Waals surface area contributed by atoms with Crippen molar-refractivity contribution in [2.45, 2.75) is 18.9 Å². The van der Waals surface area contributed by atoms with Crippen LogP contribution in [0.3, 0.4) is 0 Å². The molecule has 0 aliphatic rings. The van der Waals surface area contributed by atoms with Crippen LogP contribution in [0.25, 0.3) is 0 Å². The minimum Gasteiger partial charge on any atom is -0.493 e. The van der Waals surface area contributed by atoms with Gasteiger partial charge in [0, 0.05) is 13.0 Å². The molecule has 0 saturated heterocycles. The average molecular weight is 411 g/mol. The Morgan fingerprint density at radius 3 is 2.17 bits per heavy atom. The van der Waals surface area contributed by atoms with E-state index in [4.69, 9.17) is 14.2 Å². The minimum atomic E-state index is -0.911. The molecule has 0 radical (unpaired) electrons. The van der Waals surface area contributed by atoms with Crippen molar-refractivity contribution in [3.8, 4) is 23.3 Å². The topological polar surface area (TPSA) is 110 Å². The van der Waals surface area contributed by atoms with Gasteiger partial charge in [0.2, 0.25) is 17.6 Å². The van der Waals surface area contributed by atoms with Gasteiger partial charge in [-0.3, -0.25) is 9.59 Å². The molecule has 0 fully saturated rings. The zero-order valence-electron chi connectivity index (χ0n) is 17.2. The molecule has 1 unspecified atom stereocenters. The van der Waals surface area contributed by atoms with Crippen LogP contribution in [0.2, 0.25) is 0 Å². The first-order valence-electron chi connectivity index (χ1n) is 9.31. The first-order chi connectivity index (χ1) is 14.5. The summed E-state index contributed by atoms with van der Waals surface area (Å²) in [6.45, 7) is 0.172. The van der Waals surface area contributed by atoms with Crippen molar-refractivity contribution in [3.05, 3.63) is 53.6 Å². The maximum Gasteiger partial charge on any atom is 0.224 e. The molecule has 1 atom stereocenters. The van der Waals surface area contributed by atoms with Gasteiger partial charge in [-0.1, -0.05) is 30.3 Å². The standard InChI is InChI=1S/C22H25N3O5/c1-28-18-12-16(13-19(29-2)22(18)30-3)17(14-23)25-20(26)9-10-24-21(27)11-15-7-5-4-6-8-15/h4-8,12-13,17H,9-11H2,1-3H3,(H,24,27)(H,25,26). The molecule has 2 rings (SSSR count). The van der Waals surface area contributed by atoms with Crippen molar-refractivity contribution in [3.63, 3.8) is 0 Å². The number of nitrogens with zero attached hydrogens (tertiary/aromatic N) is 1. The van der Waals surface area contributed by atoms with Gasteiger partial charge in [-0.05, 0) is 23.3 Å². The number of rotatable bonds is 10. The number of nitrogens with one attached hydrogen (secondary N) is 2. The molecule has 0 saturated carbocycles. The van der Waals surface area contributed by atoms with E-state index in [1.54, 1.807) is 12.1 Å². The summed E-state index contributed by atoms with van der Waals surface area (Å²) in [5.41, 5.74) is 1.39. The van der Waals surface area contributed by atoms with Crippen molar-refractivity contribution in [2.24, 2.45) is 0 Å². The molecule has 0 spiro atoms. The number of nitriles is 1. The molecule has 2 amide bonds. The molecule has 0 aliphatic carbocycles. The molecule has 2 aromatic rings. The molecule has 0 aromatic heterocycles. The van der Waals surface area contributed by atoms with Crippen molar-refractivity contribution < 1.29 is 23.8 Å². The van der Waals surface area contributed by atoms with Gasteiger partial charge in [0.1, 0.15) is 6.04 Å². The maximum atomic E-state index is 12.3. The average Bonchev–Trinajstić information content (AvgIpc) is 2.77. The van der Waals surface area contributed by atoms with Gasteiger partial charge in [-0.25, -0.2) is 0 Å². The zero-order valence-corrected chi connectivity index (χ0v) is 17.2. The van der Waals surface area contributed by atoms with E-state index in [2.05, 4.69) is 16.7 Å². The Bertz CT molecular complexity index is 884. The second-order valence-electron chi connectivity index (χ2n) is 6.35. The number of carbonyl (C=O) groups excluding carboxylic acids is 2. The summed E-state index contributed by atoms with van der Waals surface area (Å²) in [4.78, 5) is 24.2. The minimum absolute atomic E-state index is 0.0448. The highest BCUT2D eigenvalue weighted by atomic mass is 16.5. The van der Waals surface area contributed by atoms with Crippen LogP contribution in [0.4, 0.5) is 0 Å². The lowest BCUT2D eigenvalue weighted by atomic mass is 10.1. The first-order valence-corrected chi connectivity index (χ1v) is 9.31. The van der Waals surface area contributed by atoms with Crippen LogP contribution in [0.1, 0.15) is 23.6 Å². The highest BCUT2D eigenvalue weighted by Crippen LogP contribution is 2.39. The van der Waals surface area contributed by atoms with Crippen LogP contribution in [0.5, 0.6) is 17.2 Å². The number of amides is 2. The monoisotopic (exact) mass is 411 g/mol. The smallest absolute Gasteiger partial charge is 0.224 e. The first kappa shape index (κ1) is 22.6. The van der Waals surface area contributed by atoms with Crippen LogP contribution in [-0.2, 0) is 16.0 Å². The largest absolute Gasteiger partial charge is 0.493 e. The normalized spacial score (nSPS) is 11.0. The Kier molecular flexibility index (Phi) is 8.51. The second-order valence-corrected chi connectivity index (χ2v) is 6.35. The van der Waals surface area contributed by atoms with Crippen LogP contribution < -0.4 is 24.8 Å². The molecule has 8 heteroatoms. The SMILES string of the molecule is COc1cc(C(C#N)NC(=O)CCNC(=O)Cc2ccccc2)cc(OC)c1OC. The molecule has 0 aliphatic heterocycles. The summed E-state index contributed by atoms with van der Waals surface area (Å²) in [7, 11) is 4.42. The lowest BCUT2D eigenvalue weighted by molar-refractivity contribution is -0.122. The van der Waals surface area contributed by atoms with Crippen LogP contribution in [-0.4, -0.2) is 39.7 Å². The Morgan fingerprint density at radius 1 is 1.00 bits per heavy atom. The highest BCUT2D eigenvalue weighted by Gasteiger charge is 2.20. The van der Waals surface area contributed by atoms with Gasteiger partial charge < -0.3 is 24.8 Å². The van der Waals surface area contributed by atoms with Gasteiger partial charge in [0.05, 0.1) is 33.8 Å². The van der Waals surface area contributed by atoms with Gasteiger partial charge >= 0.3 is 0 Å². The number of hydrogen-bond donors (Lipinski definition) is 2. The Morgan fingerprint density at radius 2 is 1.63 bits per heavy atom. The van der Waals surface area contributed by atoms with E-state index in [-0.39, 0.29) is 31.2 Å². The summed E-state index contributed by atoms with van der Waals surface area (Å²) in [6.07, 6.45) is 0.290. The van der Waals surface area contributed by atoms with Crippen molar-refractivity contribution >= 4 is 11.8 Å². The van der Waals surface area contributed by atoms with Crippen LogP contribution >= 0.6 is 0 Å². The van der Waals surface area contributed by atoms with E-state index >= 15 is 0 Å². The predicted molar refractivity (Wildman–Crippen MR) is 110 cm³/mol.